The normalized spacial score (nSPS) is 23.4. The molecule has 16 heavy (non-hydrogen) atoms. The van der Waals surface area contributed by atoms with Crippen LogP contribution in [0.15, 0.2) is 11.9 Å². The summed E-state index contributed by atoms with van der Waals surface area (Å²) >= 11 is 0. The molecule has 0 spiro atoms. The Morgan fingerprint density at radius 1 is 1.00 bits per heavy atom. The minimum atomic E-state index is -0.158. The maximum Gasteiger partial charge on any atom is 0.0675 e. The third kappa shape index (κ3) is 2.85. The Bertz CT molecular complexity index is 214. The molecule has 92 valence electrons. The SMILES string of the molecule is C=C(CCC)P(N1CCCC1)N1CCCC1. The molecule has 2 fully saturated rings. The first-order valence-corrected chi connectivity index (χ1v) is 8.05. The van der Waals surface area contributed by atoms with Crippen molar-refractivity contribution in [2.24, 2.45) is 0 Å². The summed E-state index contributed by atoms with van der Waals surface area (Å²) in [7, 11) is -0.158. The Hall–Kier alpha value is 0.0900. The fourth-order valence-electron chi connectivity index (χ4n) is 2.75. The summed E-state index contributed by atoms with van der Waals surface area (Å²) in [5.41, 5.74) is 0. The summed E-state index contributed by atoms with van der Waals surface area (Å²) < 4.78 is 5.44. The van der Waals surface area contributed by atoms with Gasteiger partial charge in [0, 0.05) is 26.2 Å². The minimum absolute atomic E-state index is 0.158. The fourth-order valence-corrected chi connectivity index (χ4v) is 5.65. The van der Waals surface area contributed by atoms with E-state index in [-0.39, 0.29) is 8.22 Å². The molecule has 2 nitrogen and oxygen atoms in total. The van der Waals surface area contributed by atoms with Crippen molar-refractivity contribution in [1.29, 1.82) is 0 Å². The van der Waals surface area contributed by atoms with E-state index < -0.39 is 0 Å². The lowest BCUT2D eigenvalue weighted by molar-refractivity contribution is 0.478. The van der Waals surface area contributed by atoms with Crippen molar-refractivity contribution >= 4 is 8.22 Å². The second-order valence-corrected chi connectivity index (χ2v) is 7.27. The van der Waals surface area contributed by atoms with E-state index in [2.05, 4.69) is 22.8 Å². The molecule has 0 bridgehead atoms. The highest BCUT2D eigenvalue weighted by Crippen LogP contribution is 2.55. The lowest BCUT2D eigenvalue weighted by Crippen LogP contribution is -2.25. The molecule has 0 saturated carbocycles. The van der Waals surface area contributed by atoms with Crippen LogP contribution in [0.3, 0.4) is 0 Å². The second kappa shape index (κ2) is 6.14. The molecule has 0 amide bonds. The first kappa shape index (κ1) is 12.5. The quantitative estimate of drug-likeness (QED) is 0.674. The Kier molecular flexibility index (Phi) is 4.81. The van der Waals surface area contributed by atoms with Crippen molar-refractivity contribution < 1.29 is 0 Å². The molecule has 2 saturated heterocycles. The van der Waals surface area contributed by atoms with E-state index in [1.165, 1.54) is 70.0 Å². The van der Waals surface area contributed by atoms with Crippen molar-refractivity contribution in [3.05, 3.63) is 11.9 Å². The zero-order valence-electron chi connectivity index (χ0n) is 10.6. The van der Waals surface area contributed by atoms with Crippen LogP contribution in [-0.4, -0.2) is 35.5 Å². The van der Waals surface area contributed by atoms with Gasteiger partial charge in [-0.1, -0.05) is 19.9 Å². The van der Waals surface area contributed by atoms with Crippen molar-refractivity contribution in [3.63, 3.8) is 0 Å². The third-order valence-corrected chi connectivity index (χ3v) is 6.18. The highest BCUT2D eigenvalue weighted by Gasteiger charge is 2.30. The van der Waals surface area contributed by atoms with Gasteiger partial charge in [-0.3, -0.25) is 9.34 Å². The molecule has 2 aliphatic heterocycles. The van der Waals surface area contributed by atoms with Gasteiger partial charge in [0.2, 0.25) is 0 Å². The summed E-state index contributed by atoms with van der Waals surface area (Å²) in [6.45, 7) is 11.9. The van der Waals surface area contributed by atoms with Gasteiger partial charge in [-0.25, -0.2) is 0 Å². The van der Waals surface area contributed by atoms with Crippen LogP contribution in [0.25, 0.3) is 0 Å². The van der Waals surface area contributed by atoms with Crippen LogP contribution >= 0.6 is 8.22 Å². The van der Waals surface area contributed by atoms with E-state index in [0.29, 0.717) is 0 Å². The molecule has 0 aromatic heterocycles. The van der Waals surface area contributed by atoms with Crippen LogP contribution in [0.1, 0.15) is 45.4 Å². The predicted molar refractivity (Wildman–Crippen MR) is 72.6 cm³/mol. The highest BCUT2D eigenvalue weighted by atomic mass is 31.1. The fraction of sp³-hybridized carbons (Fsp3) is 0.846. The van der Waals surface area contributed by atoms with Crippen LogP contribution in [0.5, 0.6) is 0 Å². The van der Waals surface area contributed by atoms with Gasteiger partial charge in [-0.2, -0.15) is 0 Å². The van der Waals surface area contributed by atoms with E-state index >= 15 is 0 Å². The molecule has 0 aromatic rings. The zero-order valence-corrected chi connectivity index (χ0v) is 11.5. The average molecular weight is 240 g/mol. The molecule has 0 aliphatic carbocycles. The lowest BCUT2D eigenvalue weighted by atomic mass is 10.3. The van der Waals surface area contributed by atoms with Gasteiger partial charge in [-0.15, -0.1) is 0 Å². The molecule has 0 unspecified atom stereocenters. The molecule has 2 aliphatic rings. The molecule has 2 heterocycles. The smallest absolute Gasteiger partial charge is 0.0675 e. The van der Waals surface area contributed by atoms with Crippen LogP contribution in [0.2, 0.25) is 0 Å². The van der Waals surface area contributed by atoms with Crippen LogP contribution in [0.4, 0.5) is 0 Å². The van der Waals surface area contributed by atoms with Crippen molar-refractivity contribution in [2.45, 2.75) is 45.4 Å². The van der Waals surface area contributed by atoms with Gasteiger partial charge in [0.15, 0.2) is 0 Å². The van der Waals surface area contributed by atoms with E-state index in [0.717, 1.165) is 0 Å². The number of rotatable bonds is 5. The van der Waals surface area contributed by atoms with Crippen LogP contribution < -0.4 is 0 Å². The van der Waals surface area contributed by atoms with E-state index in [4.69, 9.17) is 0 Å². The largest absolute Gasteiger partial charge is 0.267 e. The van der Waals surface area contributed by atoms with Gasteiger partial charge >= 0.3 is 0 Å². The van der Waals surface area contributed by atoms with Gasteiger partial charge in [0.1, 0.15) is 0 Å². The molecule has 0 aromatic carbocycles. The molecule has 3 heteroatoms. The molecule has 0 atom stereocenters. The monoisotopic (exact) mass is 240 g/mol. The van der Waals surface area contributed by atoms with Gasteiger partial charge in [-0.05, 0) is 37.4 Å². The molecular formula is C13H25N2P. The molecule has 0 N–H and O–H groups in total. The number of hydrogen-bond donors (Lipinski definition) is 0. The highest BCUT2D eigenvalue weighted by molar-refractivity contribution is 7.57. The molecule has 0 radical (unpaired) electrons. The lowest BCUT2D eigenvalue weighted by Gasteiger charge is -2.36. The topological polar surface area (TPSA) is 6.48 Å². The Balaban J connectivity index is 2.01. The van der Waals surface area contributed by atoms with Crippen LogP contribution in [0, 0.1) is 0 Å². The van der Waals surface area contributed by atoms with Gasteiger partial charge in [0.25, 0.3) is 0 Å². The zero-order chi connectivity index (χ0) is 11.4. The maximum atomic E-state index is 4.38. The molecular weight excluding hydrogens is 215 g/mol. The Morgan fingerprint density at radius 3 is 1.81 bits per heavy atom. The number of allylic oxidation sites excluding steroid dienone is 1. The van der Waals surface area contributed by atoms with E-state index in [9.17, 15) is 0 Å². The van der Waals surface area contributed by atoms with E-state index in [1.54, 1.807) is 0 Å². The van der Waals surface area contributed by atoms with E-state index in [1.807, 2.05) is 0 Å². The number of hydrogen-bond acceptors (Lipinski definition) is 2. The minimum Gasteiger partial charge on any atom is -0.267 e. The van der Waals surface area contributed by atoms with Crippen molar-refractivity contribution in [3.8, 4) is 0 Å². The Morgan fingerprint density at radius 2 is 1.44 bits per heavy atom. The number of nitrogens with zero attached hydrogens (tertiary/aromatic N) is 2. The average Bonchev–Trinajstić information content (AvgIpc) is 2.91. The Labute approximate surface area is 102 Å². The maximum absolute atomic E-state index is 4.38. The summed E-state index contributed by atoms with van der Waals surface area (Å²) in [5.74, 6) is 0. The summed E-state index contributed by atoms with van der Waals surface area (Å²) in [4.78, 5) is 0. The predicted octanol–water partition coefficient (Wildman–Crippen LogP) is 3.80. The van der Waals surface area contributed by atoms with Crippen LogP contribution in [-0.2, 0) is 0 Å². The summed E-state index contributed by atoms with van der Waals surface area (Å²) in [6.07, 6.45) is 8.05. The third-order valence-electron chi connectivity index (χ3n) is 3.52. The first-order chi connectivity index (χ1) is 7.83. The van der Waals surface area contributed by atoms with Gasteiger partial charge < -0.3 is 0 Å². The summed E-state index contributed by atoms with van der Waals surface area (Å²) in [6, 6.07) is 0. The molecule has 2 rings (SSSR count). The van der Waals surface area contributed by atoms with Crippen molar-refractivity contribution in [2.75, 3.05) is 26.2 Å². The summed E-state index contributed by atoms with van der Waals surface area (Å²) in [5, 5.41) is 1.52. The van der Waals surface area contributed by atoms with Crippen molar-refractivity contribution in [1.82, 2.24) is 9.34 Å². The standard InChI is InChI=1S/C13H25N2P/c1-3-8-13(2)16(14-9-4-5-10-14)15-11-6-7-12-15/h2-12H2,1H3. The first-order valence-electron chi connectivity index (χ1n) is 6.80. The van der Waals surface area contributed by atoms with Gasteiger partial charge in [0.05, 0.1) is 8.22 Å². The second-order valence-electron chi connectivity index (χ2n) is 4.93.